The number of hydrogen-bond acceptors (Lipinski definition) is 5. The minimum atomic E-state index is -0.747. The third kappa shape index (κ3) is 3.48. The van der Waals surface area contributed by atoms with Gasteiger partial charge in [-0.2, -0.15) is 0 Å². The molecule has 2 aliphatic rings. The first-order chi connectivity index (χ1) is 13.1. The van der Waals surface area contributed by atoms with Crippen LogP contribution in [0, 0.1) is 0 Å². The van der Waals surface area contributed by atoms with Crippen LogP contribution < -0.4 is 10.2 Å². The van der Waals surface area contributed by atoms with Gasteiger partial charge in [0.15, 0.2) is 0 Å². The molecule has 0 saturated carbocycles. The summed E-state index contributed by atoms with van der Waals surface area (Å²) in [4.78, 5) is 40.1. The largest absolute Gasteiger partial charge is 0.467 e. The lowest BCUT2D eigenvalue weighted by molar-refractivity contribution is -0.130. The number of hydrogen-bond donors (Lipinski definition) is 1. The van der Waals surface area contributed by atoms with E-state index in [1.54, 1.807) is 12.1 Å². The minimum absolute atomic E-state index is 0.0316. The molecule has 0 radical (unpaired) electrons. The van der Waals surface area contributed by atoms with Gasteiger partial charge in [-0.15, -0.1) is 0 Å². The average molecular weight is 365 g/mol. The molecule has 27 heavy (non-hydrogen) atoms. The zero-order chi connectivity index (χ0) is 18.8. The van der Waals surface area contributed by atoms with E-state index < -0.39 is 17.8 Å². The van der Waals surface area contributed by atoms with Crippen LogP contribution in [0.1, 0.15) is 24.2 Å². The summed E-state index contributed by atoms with van der Waals surface area (Å²) in [6.45, 7) is 2.06. The highest BCUT2D eigenvalue weighted by molar-refractivity contribution is 6.30. The van der Waals surface area contributed by atoms with Gasteiger partial charge in [0.2, 0.25) is 0 Å². The molecule has 2 aromatic rings. The van der Waals surface area contributed by atoms with E-state index >= 15 is 0 Å². The summed E-state index contributed by atoms with van der Waals surface area (Å²) < 4.78 is 5.19. The Hall–Kier alpha value is -3.35. The van der Waals surface area contributed by atoms with Crippen LogP contribution in [-0.4, -0.2) is 35.8 Å². The predicted molar refractivity (Wildman–Crippen MR) is 98.7 cm³/mol. The maximum Gasteiger partial charge on any atom is 0.331 e. The van der Waals surface area contributed by atoms with Gasteiger partial charge >= 0.3 is 6.03 Å². The zero-order valence-corrected chi connectivity index (χ0v) is 14.7. The minimum Gasteiger partial charge on any atom is -0.467 e. The number of anilines is 1. The van der Waals surface area contributed by atoms with Crippen molar-refractivity contribution in [2.24, 2.45) is 0 Å². The molecule has 138 valence electrons. The van der Waals surface area contributed by atoms with Crippen molar-refractivity contribution in [2.45, 2.75) is 19.4 Å². The normalized spacial score (nSPS) is 19.1. The summed E-state index contributed by atoms with van der Waals surface area (Å²) in [5.41, 5.74) is 1.78. The Morgan fingerprint density at radius 2 is 1.78 bits per heavy atom. The van der Waals surface area contributed by atoms with Crippen LogP contribution in [0.25, 0.3) is 6.08 Å². The first kappa shape index (κ1) is 17.1. The smallest absolute Gasteiger partial charge is 0.331 e. The lowest BCUT2D eigenvalue weighted by atomic mass is 10.1. The molecule has 1 N–H and O–H groups in total. The van der Waals surface area contributed by atoms with E-state index in [0.29, 0.717) is 5.76 Å². The molecule has 4 rings (SSSR count). The Kier molecular flexibility index (Phi) is 4.50. The summed E-state index contributed by atoms with van der Waals surface area (Å²) in [6.07, 6.45) is 5.36. The molecule has 3 heterocycles. The van der Waals surface area contributed by atoms with Crippen molar-refractivity contribution in [3.8, 4) is 0 Å². The molecule has 1 aromatic carbocycles. The molecule has 7 heteroatoms. The van der Waals surface area contributed by atoms with Crippen molar-refractivity contribution < 1.29 is 18.8 Å². The molecule has 4 amide bonds. The van der Waals surface area contributed by atoms with E-state index in [1.165, 1.54) is 25.2 Å². The van der Waals surface area contributed by atoms with Gasteiger partial charge in [-0.1, -0.05) is 12.1 Å². The number of furan rings is 1. The number of imide groups is 2. The van der Waals surface area contributed by atoms with Gasteiger partial charge in [-0.3, -0.25) is 19.8 Å². The molecule has 0 spiro atoms. The van der Waals surface area contributed by atoms with E-state index in [0.717, 1.165) is 29.2 Å². The standard InChI is InChI=1S/C20H19N3O4/c24-18-17(12-14-5-7-15(8-6-14)22-9-1-2-10-22)19(25)23(20(26)21-18)13-16-4-3-11-27-16/h3-8,11-12H,1-2,9-10,13H2,(H,21,24,26)/b17-12-. The molecule has 0 bridgehead atoms. The molecule has 0 unspecified atom stereocenters. The average Bonchev–Trinajstić information content (AvgIpc) is 3.36. The fourth-order valence-corrected chi connectivity index (χ4v) is 3.32. The number of rotatable bonds is 4. The van der Waals surface area contributed by atoms with E-state index in [4.69, 9.17) is 4.42 Å². The van der Waals surface area contributed by atoms with Gasteiger partial charge in [-0.25, -0.2) is 4.79 Å². The number of barbiturate groups is 1. The maximum atomic E-state index is 12.7. The predicted octanol–water partition coefficient (Wildman–Crippen LogP) is 2.54. The van der Waals surface area contributed by atoms with Crippen molar-refractivity contribution in [1.82, 2.24) is 10.2 Å². The fraction of sp³-hybridized carbons (Fsp3) is 0.250. The lowest BCUT2D eigenvalue weighted by Gasteiger charge is -2.25. The van der Waals surface area contributed by atoms with Gasteiger partial charge in [0.1, 0.15) is 11.3 Å². The Labute approximate surface area is 156 Å². The number of urea groups is 1. The summed E-state index contributed by atoms with van der Waals surface area (Å²) in [5.74, 6) is -0.866. The van der Waals surface area contributed by atoms with E-state index in [1.807, 2.05) is 24.3 Å². The van der Waals surface area contributed by atoms with Gasteiger partial charge < -0.3 is 9.32 Å². The van der Waals surface area contributed by atoms with Crippen LogP contribution in [0.15, 0.2) is 52.7 Å². The Bertz CT molecular complexity index is 894. The van der Waals surface area contributed by atoms with E-state index in [9.17, 15) is 14.4 Å². The molecule has 1 aromatic heterocycles. The van der Waals surface area contributed by atoms with Gasteiger partial charge in [0.05, 0.1) is 12.8 Å². The first-order valence-electron chi connectivity index (χ1n) is 8.88. The second kappa shape index (κ2) is 7.11. The van der Waals surface area contributed by atoms with E-state index in [-0.39, 0.29) is 12.1 Å². The topological polar surface area (TPSA) is 82.9 Å². The highest BCUT2D eigenvalue weighted by Crippen LogP contribution is 2.22. The van der Waals surface area contributed by atoms with Crippen LogP contribution >= 0.6 is 0 Å². The highest BCUT2D eigenvalue weighted by Gasteiger charge is 2.36. The maximum absolute atomic E-state index is 12.7. The Balaban J connectivity index is 1.56. The van der Waals surface area contributed by atoms with Crippen molar-refractivity contribution in [2.75, 3.05) is 18.0 Å². The third-order valence-corrected chi connectivity index (χ3v) is 4.76. The van der Waals surface area contributed by atoms with Crippen molar-refractivity contribution >= 4 is 29.6 Å². The van der Waals surface area contributed by atoms with Crippen LogP contribution in [0.4, 0.5) is 10.5 Å². The number of amides is 4. The second-order valence-corrected chi connectivity index (χ2v) is 6.57. The quantitative estimate of drug-likeness (QED) is 0.665. The summed E-state index contributed by atoms with van der Waals surface area (Å²) in [5, 5.41) is 2.21. The van der Waals surface area contributed by atoms with Crippen molar-refractivity contribution in [1.29, 1.82) is 0 Å². The number of nitrogens with zero attached hydrogens (tertiary/aromatic N) is 2. The first-order valence-corrected chi connectivity index (χ1v) is 8.88. The number of benzene rings is 1. The molecule has 0 atom stereocenters. The fourth-order valence-electron chi connectivity index (χ4n) is 3.32. The Morgan fingerprint density at radius 3 is 2.44 bits per heavy atom. The van der Waals surface area contributed by atoms with Crippen LogP contribution in [0.3, 0.4) is 0 Å². The Morgan fingerprint density at radius 1 is 1.04 bits per heavy atom. The number of carbonyl (C=O) groups is 3. The van der Waals surface area contributed by atoms with Gasteiger partial charge in [0, 0.05) is 18.8 Å². The molecule has 2 fully saturated rings. The molecule has 0 aliphatic carbocycles. The second-order valence-electron chi connectivity index (χ2n) is 6.57. The monoisotopic (exact) mass is 365 g/mol. The molecule has 2 saturated heterocycles. The van der Waals surface area contributed by atoms with E-state index in [2.05, 4.69) is 10.2 Å². The van der Waals surface area contributed by atoms with Crippen molar-refractivity contribution in [3.05, 3.63) is 59.6 Å². The number of nitrogens with one attached hydrogen (secondary N) is 1. The zero-order valence-electron chi connectivity index (χ0n) is 14.7. The molecule has 7 nitrogen and oxygen atoms in total. The van der Waals surface area contributed by atoms with Crippen molar-refractivity contribution in [3.63, 3.8) is 0 Å². The lowest BCUT2D eigenvalue weighted by Crippen LogP contribution is -2.53. The van der Waals surface area contributed by atoms with Gasteiger partial charge in [0.25, 0.3) is 11.8 Å². The summed E-state index contributed by atoms with van der Waals surface area (Å²) in [7, 11) is 0. The number of carbonyl (C=O) groups excluding carboxylic acids is 3. The molecule has 2 aliphatic heterocycles. The third-order valence-electron chi connectivity index (χ3n) is 4.76. The van der Waals surface area contributed by atoms with Crippen LogP contribution in [0.2, 0.25) is 0 Å². The molecular weight excluding hydrogens is 346 g/mol. The van der Waals surface area contributed by atoms with Crippen LogP contribution in [0.5, 0.6) is 0 Å². The summed E-state index contributed by atoms with van der Waals surface area (Å²) in [6, 6.07) is 10.3. The SMILES string of the molecule is O=C1NC(=O)N(Cc2ccco2)C(=O)/C1=C\c1ccc(N2CCCC2)cc1. The van der Waals surface area contributed by atoms with Gasteiger partial charge in [-0.05, 0) is 48.7 Å². The van der Waals surface area contributed by atoms with Crippen LogP contribution in [-0.2, 0) is 16.1 Å². The molecular formula is C20H19N3O4. The highest BCUT2D eigenvalue weighted by atomic mass is 16.3. The summed E-state index contributed by atoms with van der Waals surface area (Å²) >= 11 is 0.